The molecule has 1 aliphatic heterocycles. The highest BCUT2D eigenvalue weighted by molar-refractivity contribution is 5.76. The average Bonchev–Trinajstić information content (AvgIpc) is 2.99. The predicted molar refractivity (Wildman–Crippen MR) is 83.9 cm³/mol. The van der Waals surface area contributed by atoms with Crippen LogP contribution in [0.3, 0.4) is 0 Å². The fraction of sp³-hybridized carbons (Fsp3) is 0.588. The first kappa shape index (κ1) is 16.0. The Kier molecular flexibility index (Phi) is 6.21. The van der Waals surface area contributed by atoms with Crippen molar-refractivity contribution in [2.24, 2.45) is 5.92 Å². The Morgan fingerprint density at radius 2 is 1.95 bits per heavy atom. The summed E-state index contributed by atoms with van der Waals surface area (Å²) in [6.45, 7) is 6.25. The maximum Gasteiger partial charge on any atom is 0.222 e. The molecule has 4 nitrogen and oxygen atoms in total. The van der Waals surface area contributed by atoms with Crippen molar-refractivity contribution in [2.45, 2.75) is 32.3 Å². The minimum Gasteiger partial charge on any atom is -0.388 e. The molecule has 0 radical (unpaired) electrons. The molecule has 1 aromatic rings. The zero-order valence-electron chi connectivity index (χ0n) is 12.8. The van der Waals surface area contributed by atoms with Gasteiger partial charge < -0.3 is 15.3 Å². The summed E-state index contributed by atoms with van der Waals surface area (Å²) in [5.41, 5.74) is 0.790. The number of nitrogens with one attached hydrogen (secondary N) is 1. The number of hydrogen-bond donors (Lipinski definition) is 2. The molecule has 1 aliphatic rings. The van der Waals surface area contributed by atoms with Crippen LogP contribution in [0.1, 0.15) is 37.9 Å². The minimum absolute atomic E-state index is 0.0837. The molecule has 2 unspecified atom stereocenters. The molecule has 4 heteroatoms. The van der Waals surface area contributed by atoms with E-state index >= 15 is 0 Å². The Bertz CT molecular complexity index is 430. The average molecular weight is 290 g/mol. The summed E-state index contributed by atoms with van der Waals surface area (Å²) in [5.74, 6) is 0.362. The fourth-order valence-electron chi connectivity index (χ4n) is 2.80. The van der Waals surface area contributed by atoms with E-state index in [4.69, 9.17) is 0 Å². The Morgan fingerprint density at radius 1 is 1.29 bits per heavy atom. The van der Waals surface area contributed by atoms with Crippen molar-refractivity contribution >= 4 is 5.91 Å². The standard InChI is InChI=1S/C17H26N2O2/c1-14(13-19-9-5-6-10-19)12-18-17(21)11-16(20)15-7-3-2-4-8-15/h2-4,7-8,14,16,20H,5-6,9-13H2,1H3,(H,18,21). The lowest BCUT2D eigenvalue weighted by molar-refractivity contribution is -0.123. The SMILES string of the molecule is CC(CNC(=O)CC(O)c1ccccc1)CN1CCCC1. The maximum absolute atomic E-state index is 11.9. The first-order chi connectivity index (χ1) is 10.1. The lowest BCUT2D eigenvalue weighted by Gasteiger charge is -2.20. The summed E-state index contributed by atoms with van der Waals surface area (Å²) in [4.78, 5) is 14.3. The second kappa shape index (κ2) is 8.15. The van der Waals surface area contributed by atoms with Crippen LogP contribution in [-0.2, 0) is 4.79 Å². The van der Waals surface area contributed by atoms with Crippen LogP contribution in [0, 0.1) is 5.92 Å². The zero-order chi connectivity index (χ0) is 15.1. The number of aliphatic hydroxyl groups is 1. The number of carbonyl (C=O) groups excluding carboxylic acids is 1. The van der Waals surface area contributed by atoms with Crippen LogP contribution in [0.4, 0.5) is 0 Å². The Labute approximate surface area is 127 Å². The molecule has 1 amide bonds. The van der Waals surface area contributed by atoms with Gasteiger partial charge in [0.15, 0.2) is 0 Å². The lowest BCUT2D eigenvalue weighted by atomic mass is 10.1. The highest BCUT2D eigenvalue weighted by Crippen LogP contribution is 2.15. The van der Waals surface area contributed by atoms with Crippen molar-refractivity contribution in [1.29, 1.82) is 0 Å². The number of rotatable bonds is 7. The Morgan fingerprint density at radius 3 is 2.62 bits per heavy atom. The van der Waals surface area contributed by atoms with Crippen LogP contribution in [-0.4, -0.2) is 42.1 Å². The summed E-state index contributed by atoms with van der Waals surface area (Å²) in [6.07, 6.45) is 1.99. The highest BCUT2D eigenvalue weighted by Gasteiger charge is 2.16. The largest absolute Gasteiger partial charge is 0.388 e. The van der Waals surface area contributed by atoms with Gasteiger partial charge in [0.1, 0.15) is 0 Å². The van der Waals surface area contributed by atoms with E-state index in [1.54, 1.807) is 0 Å². The molecule has 0 bridgehead atoms. The smallest absolute Gasteiger partial charge is 0.222 e. The zero-order valence-corrected chi connectivity index (χ0v) is 12.8. The molecule has 2 N–H and O–H groups in total. The molecule has 0 aliphatic carbocycles. The summed E-state index contributed by atoms with van der Waals surface area (Å²) in [7, 11) is 0. The van der Waals surface area contributed by atoms with Gasteiger partial charge in [0.05, 0.1) is 12.5 Å². The van der Waals surface area contributed by atoms with Gasteiger partial charge >= 0.3 is 0 Å². The Hall–Kier alpha value is -1.39. The number of carbonyl (C=O) groups is 1. The number of nitrogens with zero attached hydrogens (tertiary/aromatic N) is 1. The van der Waals surface area contributed by atoms with E-state index in [-0.39, 0.29) is 12.3 Å². The molecule has 1 aromatic carbocycles. The normalized spacial score (nSPS) is 18.4. The van der Waals surface area contributed by atoms with Gasteiger partial charge in [0, 0.05) is 13.1 Å². The van der Waals surface area contributed by atoms with Crippen molar-refractivity contribution in [3.63, 3.8) is 0 Å². The Balaban J connectivity index is 1.67. The van der Waals surface area contributed by atoms with Gasteiger partial charge in [0.25, 0.3) is 0 Å². The van der Waals surface area contributed by atoms with Gasteiger partial charge in [-0.15, -0.1) is 0 Å². The van der Waals surface area contributed by atoms with Gasteiger partial charge in [-0.3, -0.25) is 4.79 Å². The first-order valence-electron chi connectivity index (χ1n) is 7.87. The van der Waals surface area contributed by atoms with Crippen LogP contribution in [0.5, 0.6) is 0 Å². The number of amides is 1. The van der Waals surface area contributed by atoms with Crippen LogP contribution < -0.4 is 5.32 Å². The van der Waals surface area contributed by atoms with Gasteiger partial charge in [-0.25, -0.2) is 0 Å². The predicted octanol–water partition coefficient (Wildman–Crippen LogP) is 1.96. The van der Waals surface area contributed by atoms with E-state index in [1.807, 2.05) is 30.3 Å². The molecule has 1 fully saturated rings. The van der Waals surface area contributed by atoms with Gasteiger partial charge in [-0.1, -0.05) is 37.3 Å². The van der Waals surface area contributed by atoms with E-state index in [1.165, 1.54) is 25.9 Å². The molecule has 0 spiro atoms. The molecule has 2 rings (SSSR count). The summed E-state index contributed by atoms with van der Waals surface area (Å²) in [6, 6.07) is 9.32. The second-order valence-electron chi connectivity index (χ2n) is 6.05. The third kappa shape index (κ3) is 5.48. The van der Waals surface area contributed by atoms with Crippen molar-refractivity contribution in [2.75, 3.05) is 26.2 Å². The first-order valence-corrected chi connectivity index (χ1v) is 7.87. The summed E-state index contributed by atoms with van der Waals surface area (Å²) < 4.78 is 0. The van der Waals surface area contributed by atoms with E-state index in [9.17, 15) is 9.90 Å². The van der Waals surface area contributed by atoms with Gasteiger partial charge in [0.2, 0.25) is 5.91 Å². The maximum atomic E-state index is 11.9. The summed E-state index contributed by atoms with van der Waals surface area (Å²) >= 11 is 0. The number of benzene rings is 1. The molecule has 1 saturated heterocycles. The highest BCUT2D eigenvalue weighted by atomic mass is 16.3. The summed E-state index contributed by atoms with van der Waals surface area (Å²) in [5, 5.41) is 12.9. The van der Waals surface area contributed by atoms with E-state index in [0.717, 1.165) is 12.1 Å². The number of aliphatic hydroxyl groups excluding tert-OH is 1. The number of hydrogen-bond acceptors (Lipinski definition) is 3. The molecular weight excluding hydrogens is 264 g/mol. The van der Waals surface area contributed by atoms with E-state index in [0.29, 0.717) is 12.5 Å². The molecule has 21 heavy (non-hydrogen) atoms. The van der Waals surface area contributed by atoms with E-state index in [2.05, 4.69) is 17.1 Å². The third-order valence-corrected chi connectivity index (χ3v) is 3.98. The van der Waals surface area contributed by atoms with Gasteiger partial charge in [-0.05, 0) is 37.4 Å². The van der Waals surface area contributed by atoms with Crippen molar-refractivity contribution in [3.05, 3.63) is 35.9 Å². The van der Waals surface area contributed by atoms with Gasteiger partial charge in [-0.2, -0.15) is 0 Å². The molecule has 116 valence electrons. The molecular formula is C17H26N2O2. The van der Waals surface area contributed by atoms with Crippen molar-refractivity contribution < 1.29 is 9.90 Å². The minimum atomic E-state index is -0.722. The fourth-order valence-corrected chi connectivity index (χ4v) is 2.80. The van der Waals surface area contributed by atoms with Crippen LogP contribution >= 0.6 is 0 Å². The second-order valence-corrected chi connectivity index (χ2v) is 6.05. The lowest BCUT2D eigenvalue weighted by Crippen LogP contribution is -2.34. The molecule has 1 heterocycles. The van der Waals surface area contributed by atoms with Crippen molar-refractivity contribution in [3.8, 4) is 0 Å². The topological polar surface area (TPSA) is 52.6 Å². The third-order valence-electron chi connectivity index (χ3n) is 3.98. The van der Waals surface area contributed by atoms with Crippen LogP contribution in [0.15, 0.2) is 30.3 Å². The molecule has 0 aromatic heterocycles. The number of likely N-dealkylation sites (tertiary alicyclic amines) is 1. The molecule has 0 saturated carbocycles. The van der Waals surface area contributed by atoms with Crippen LogP contribution in [0.25, 0.3) is 0 Å². The quantitative estimate of drug-likeness (QED) is 0.807. The van der Waals surface area contributed by atoms with E-state index < -0.39 is 6.10 Å². The van der Waals surface area contributed by atoms with Crippen molar-refractivity contribution in [1.82, 2.24) is 10.2 Å². The van der Waals surface area contributed by atoms with Crippen LogP contribution in [0.2, 0.25) is 0 Å². The monoisotopic (exact) mass is 290 g/mol. The molecule has 2 atom stereocenters.